The van der Waals surface area contributed by atoms with Crippen LogP contribution in [0.15, 0.2) is 12.3 Å². The van der Waals surface area contributed by atoms with Gasteiger partial charge < -0.3 is 15.8 Å². The Labute approximate surface area is 99.2 Å². The maximum absolute atomic E-state index is 13.5. The summed E-state index contributed by atoms with van der Waals surface area (Å²) >= 11 is 0. The van der Waals surface area contributed by atoms with Crippen LogP contribution in [0.25, 0.3) is 0 Å². The van der Waals surface area contributed by atoms with E-state index in [0.717, 1.165) is 0 Å². The van der Waals surface area contributed by atoms with Crippen LogP contribution in [0, 0.1) is 5.82 Å². The lowest BCUT2D eigenvalue weighted by Gasteiger charge is -2.25. The number of aromatic nitrogens is 1. The van der Waals surface area contributed by atoms with Crippen LogP contribution in [-0.4, -0.2) is 30.1 Å². The molecule has 0 spiro atoms. The summed E-state index contributed by atoms with van der Waals surface area (Å²) in [7, 11) is 1.53. The third-order valence-electron chi connectivity index (χ3n) is 2.12. The highest BCUT2D eigenvalue weighted by atomic mass is 19.1. The van der Waals surface area contributed by atoms with Gasteiger partial charge in [-0.1, -0.05) is 0 Å². The van der Waals surface area contributed by atoms with Crippen molar-refractivity contribution in [2.75, 3.05) is 19.5 Å². The normalized spacial score (nSPS) is 11.3. The van der Waals surface area contributed by atoms with Gasteiger partial charge in [0.05, 0.1) is 17.7 Å². The van der Waals surface area contributed by atoms with Gasteiger partial charge in [-0.25, -0.2) is 9.37 Å². The van der Waals surface area contributed by atoms with E-state index in [1.165, 1.54) is 19.4 Å². The molecule has 0 radical (unpaired) electrons. The Hall–Kier alpha value is -1.69. The van der Waals surface area contributed by atoms with Crippen LogP contribution in [0.4, 0.5) is 10.2 Å². The van der Waals surface area contributed by atoms with Crippen LogP contribution in [0.5, 0.6) is 0 Å². The summed E-state index contributed by atoms with van der Waals surface area (Å²) in [5.74, 6) is -1.64. The van der Waals surface area contributed by atoms with Crippen molar-refractivity contribution in [2.24, 2.45) is 0 Å². The first-order valence-corrected chi connectivity index (χ1v) is 5.09. The zero-order valence-corrected chi connectivity index (χ0v) is 10.1. The monoisotopic (exact) mass is 241 g/mol. The van der Waals surface area contributed by atoms with Crippen molar-refractivity contribution in [3.8, 4) is 0 Å². The van der Waals surface area contributed by atoms with Gasteiger partial charge in [-0.2, -0.15) is 0 Å². The number of carbonyl (C=O) groups excluding carboxylic acids is 1. The van der Waals surface area contributed by atoms with E-state index in [2.05, 4.69) is 10.3 Å². The van der Waals surface area contributed by atoms with Crippen molar-refractivity contribution in [3.63, 3.8) is 0 Å². The maximum atomic E-state index is 13.5. The van der Waals surface area contributed by atoms with E-state index in [1.54, 1.807) is 13.8 Å². The molecule has 6 heteroatoms. The fourth-order valence-corrected chi connectivity index (χ4v) is 1.41. The molecule has 0 aliphatic rings. The largest absolute Gasteiger partial charge is 0.382 e. The van der Waals surface area contributed by atoms with E-state index in [1.807, 2.05) is 0 Å². The van der Waals surface area contributed by atoms with Crippen LogP contribution in [0.1, 0.15) is 24.2 Å². The average molecular weight is 241 g/mol. The van der Waals surface area contributed by atoms with E-state index < -0.39 is 17.3 Å². The number of pyridine rings is 1. The number of rotatable bonds is 4. The second-order valence-electron chi connectivity index (χ2n) is 4.33. The molecule has 1 aromatic rings. The highest BCUT2D eigenvalue weighted by molar-refractivity contribution is 5.95. The van der Waals surface area contributed by atoms with Gasteiger partial charge in [-0.3, -0.25) is 4.79 Å². The van der Waals surface area contributed by atoms with Gasteiger partial charge >= 0.3 is 0 Å². The van der Waals surface area contributed by atoms with Gasteiger partial charge in [0.1, 0.15) is 0 Å². The molecule has 0 bridgehead atoms. The minimum atomic E-state index is -0.807. The number of ether oxygens (including phenoxy) is 1. The van der Waals surface area contributed by atoms with Crippen molar-refractivity contribution in [1.29, 1.82) is 0 Å². The number of nitrogens with zero attached hydrogens (tertiary/aromatic N) is 1. The first kappa shape index (κ1) is 13.4. The van der Waals surface area contributed by atoms with Crippen LogP contribution < -0.4 is 11.1 Å². The summed E-state index contributed by atoms with van der Waals surface area (Å²) in [6.45, 7) is 3.87. The standard InChI is InChI=1S/C11H16FN3O2/c1-11(2,6-17-3)15-10(16)7-4-5-14-9(13)8(7)12/h4-5H,6H2,1-3H3,(H2,13,14)(H,15,16). The molecule has 0 saturated carbocycles. The van der Waals surface area contributed by atoms with Crippen LogP contribution in [0.3, 0.4) is 0 Å². The number of carbonyl (C=O) groups is 1. The summed E-state index contributed by atoms with van der Waals surface area (Å²) in [6, 6.07) is 1.28. The first-order valence-electron chi connectivity index (χ1n) is 5.09. The molecule has 1 rings (SSSR count). The van der Waals surface area contributed by atoms with Gasteiger partial charge in [0.2, 0.25) is 0 Å². The third-order valence-corrected chi connectivity index (χ3v) is 2.12. The van der Waals surface area contributed by atoms with Crippen LogP contribution >= 0.6 is 0 Å². The fourth-order valence-electron chi connectivity index (χ4n) is 1.41. The Morgan fingerprint density at radius 3 is 2.88 bits per heavy atom. The van der Waals surface area contributed by atoms with Crippen LogP contribution in [-0.2, 0) is 4.74 Å². The summed E-state index contributed by atoms with van der Waals surface area (Å²) < 4.78 is 18.5. The summed E-state index contributed by atoms with van der Waals surface area (Å²) in [5.41, 5.74) is 4.58. The number of hydrogen-bond donors (Lipinski definition) is 2. The molecule has 0 aliphatic carbocycles. The molecule has 5 nitrogen and oxygen atoms in total. The number of nitrogen functional groups attached to an aromatic ring is 1. The quantitative estimate of drug-likeness (QED) is 0.823. The second kappa shape index (κ2) is 5.09. The average Bonchev–Trinajstić information content (AvgIpc) is 2.21. The van der Waals surface area contributed by atoms with Gasteiger partial charge in [0.25, 0.3) is 5.91 Å². The minimum absolute atomic E-state index is 0.123. The number of methoxy groups -OCH3 is 1. The number of hydrogen-bond acceptors (Lipinski definition) is 4. The minimum Gasteiger partial charge on any atom is -0.382 e. The molecule has 17 heavy (non-hydrogen) atoms. The smallest absolute Gasteiger partial charge is 0.254 e. The van der Waals surface area contributed by atoms with E-state index in [9.17, 15) is 9.18 Å². The Bertz CT molecular complexity index is 421. The number of halogens is 1. The number of amides is 1. The lowest BCUT2D eigenvalue weighted by atomic mass is 10.1. The van der Waals surface area contributed by atoms with Crippen molar-refractivity contribution in [1.82, 2.24) is 10.3 Å². The first-order chi connectivity index (χ1) is 7.87. The summed E-state index contributed by atoms with van der Waals surface area (Å²) in [5, 5.41) is 2.65. The van der Waals surface area contributed by atoms with E-state index >= 15 is 0 Å². The van der Waals surface area contributed by atoms with Crippen molar-refractivity contribution >= 4 is 11.7 Å². The zero-order valence-electron chi connectivity index (χ0n) is 10.1. The molecular weight excluding hydrogens is 225 g/mol. The fraction of sp³-hybridized carbons (Fsp3) is 0.455. The molecule has 1 heterocycles. The molecule has 0 atom stereocenters. The molecule has 0 aromatic carbocycles. The molecule has 0 saturated heterocycles. The molecule has 0 fully saturated rings. The number of anilines is 1. The lowest BCUT2D eigenvalue weighted by Crippen LogP contribution is -2.47. The Balaban J connectivity index is 2.87. The van der Waals surface area contributed by atoms with E-state index in [4.69, 9.17) is 10.5 Å². The van der Waals surface area contributed by atoms with Gasteiger partial charge in [0, 0.05) is 13.3 Å². The van der Waals surface area contributed by atoms with Crippen molar-refractivity contribution in [2.45, 2.75) is 19.4 Å². The number of nitrogens with two attached hydrogens (primary N) is 1. The van der Waals surface area contributed by atoms with Crippen LogP contribution in [0.2, 0.25) is 0 Å². The van der Waals surface area contributed by atoms with Gasteiger partial charge in [-0.15, -0.1) is 0 Å². The Morgan fingerprint density at radius 2 is 2.29 bits per heavy atom. The zero-order chi connectivity index (χ0) is 13.1. The van der Waals surface area contributed by atoms with Crippen molar-refractivity contribution < 1.29 is 13.9 Å². The third kappa shape index (κ3) is 3.39. The second-order valence-corrected chi connectivity index (χ2v) is 4.33. The van der Waals surface area contributed by atoms with Gasteiger partial charge in [0.15, 0.2) is 11.6 Å². The molecular formula is C11H16FN3O2. The molecule has 1 aromatic heterocycles. The highest BCUT2D eigenvalue weighted by Crippen LogP contribution is 2.13. The maximum Gasteiger partial charge on any atom is 0.254 e. The molecule has 3 N–H and O–H groups in total. The van der Waals surface area contributed by atoms with E-state index in [-0.39, 0.29) is 11.4 Å². The highest BCUT2D eigenvalue weighted by Gasteiger charge is 2.23. The predicted molar refractivity (Wildman–Crippen MR) is 62.0 cm³/mol. The molecule has 94 valence electrons. The van der Waals surface area contributed by atoms with Crippen molar-refractivity contribution in [3.05, 3.63) is 23.6 Å². The topological polar surface area (TPSA) is 77.2 Å². The number of nitrogens with one attached hydrogen (secondary N) is 1. The predicted octanol–water partition coefficient (Wildman–Crippen LogP) is 0.958. The summed E-state index contributed by atoms with van der Waals surface area (Å²) in [6.07, 6.45) is 1.29. The lowest BCUT2D eigenvalue weighted by molar-refractivity contribution is 0.0816. The Kier molecular flexibility index (Phi) is 4.01. The molecule has 0 unspecified atom stereocenters. The summed E-state index contributed by atoms with van der Waals surface area (Å²) in [4.78, 5) is 15.4. The SMILES string of the molecule is COCC(C)(C)NC(=O)c1ccnc(N)c1F. The molecule has 1 amide bonds. The van der Waals surface area contributed by atoms with Gasteiger partial charge in [-0.05, 0) is 19.9 Å². The Morgan fingerprint density at radius 1 is 1.65 bits per heavy atom. The molecule has 0 aliphatic heterocycles. The van der Waals surface area contributed by atoms with E-state index in [0.29, 0.717) is 6.61 Å².